The van der Waals surface area contributed by atoms with Crippen LogP contribution in [0.4, 0.5) is 5.69 Å². The minimum absolute atomic E-state index is 0.183. The smallest absolute Gasteiger partial charge is 0.271 e. The molecule has 1 aromatic carbocycles. The van der Waals surface area contributed by atoms with E-state index in [0.717, 1.165) is 34.3 Å². The number of methoxy groups -OCH3 is 2. The van der Waals surface area contributed by atoms with Gasteiger partial charge < -0.3 is 19.5 Å². The Morgan fingerprint density at radius 1 is 1.29 bits per heavy atom. The maximum absolute atomic E-state index is 13.2. The number of nitrogens with one attached hydrogen (secondary N) is 1. The number of anilines is 1. The van der Waals surface area contributed by atoms with Crippen molar-refractivity contribution in [2.45, 2.75) is 45.4 Å². The maximum atomic E-state index is 13.2. The zero-order chi connectivity index (χ0) is 24.7. The van der Waals surface area contributed by atoms with Crippen LogP contribution in [0.3, 0.4) is 0 Å². The van der Waals surface area contributed by atoms with Crippen molar-refractivity contribution in [3.63, 3.8) is 0 Å². The van der Waals surface area contributed by atoms with Gasteiger partial charge in [0.2, 0.25) is 5.91 Å². The molecule has 0 aliphatic carbocycles. The third kappa shape index (κ3) is 4.23. The van der Waals surface area contributed by atoms with Gasteiger partial charge in [-0.15, -0.1) is 11.3 Å². The van der Waals surface area contributed by atoms with Crippen LogP contribution < -0.4 is 20.3 Å². The summed E-state index contributed by atoms with van der Waals surface area (Å²) in [7, 11) is 3.06. The largest absolute Gasteiger partial charge is 0.497 e. The van der Waals surface area contributed by atoms with Gasteiger partial charge in [0.05, 0.1) is 49.7 Å². The summed E-state index contributed by atoms with van der Waals surface area (Å²) in [6.07, 6.45) is 3.04. The third-order valence-corrected chi connectivity index (χ3v) is 7.55. The second-order valence-corrected chi connectivity index (χ2v) is 9.79. The molecule has 9 nitrogen and oxygen atoms in total. The minimum Gasteiger partial charge on any atom is -0.497 e. The number of ether oxygens (including phenoxy) is 3. The van der Waals surface area contributed by atoms with Crippen molar-refractivity contribution in [3.05, 3.63) is 52.2 Å². The van der Waals surface area contributed by atoms with Crippen molar-refractivity contribution in [3.8, 4) is 11.5 Å². The Kier molecular flexibility index (Phi) is 5.94. The number of rotatable bonds is 6. The number of pyridine rings is 1. The molecule has 0 saturated heterocycles. The van der Waals surface area contributed by atoms with Crippen molar-refractivity contribution < 1.29 is 19.0 Å². The summed E-state index contributed by atoms with van der Waals surface area (Å²) in [6, 6.07) is 7.11. The van der Waals surface area contributed by atoms with Crippen LogP contribution in [0.15, 0.2) is 35.4 Å². The maximum Gasteiger partial charge on any atom is 0.271 e. The summed E-state index contributed by atoms with van der Waals surface area (Å²) in [5, 5.41) is 3.62. The van der Waals surface area contributed by atoms with Gasteiger partial charge in [-0.25, -0.2) is 9.97 Å². The van der Waals surface area contributed by atoms with Crippen LogP contribution in [0, 0.1) is 0 Å². The molecule has 0 unspecified atom stereocenters. The van der Waals surface area contributed by atoms with Gasteiger partial charge in [0.1, 0.15) is 27.6 Å². The number of benzene rings is 1. The van der Waals surface area contributed by atoms with E-state index in [-0.39, 0.29) is 23.6 Å². The molecule has 0 saturated carbocycles. The average Bonchev–Trinajstić information content (AvgIpc) is 3.22. The van der Waals surface area contributed by atoms with Crippen molar-refractivity contribution in [2.75, 3.05) is 19.5 Å². The Morgan fingerprint density at radius 3 is 2.86 bits per heavy atom. The Labute approximate surface area is 205 Å². The average molecular weight is 495 g/mol. The van der Waals surface area contributed by atoms with Gasteiger partial charge in [0, 0.05) is 23.4 Å². The summed E-state index contributed by atoms with van der Waals surface area (Å²) in [5.74, 6) is 0.695. The standard InChI is InChI=1S/C25H26N4O5S/c1-5-25(2)10-18-14(12-34-25)8-16-21-22(35-23(16)28-18)24(31)29(13-26-21)11-20(30)27-17-7-6-15(32-3)9-19(17)33-4/h6-9,13H,5,10-12H2,1-4H3,(H,27,30)/t25-/m0/s1. The van der Waals surface area contributed by atoms with Crippen LogP contribution in [0.5, 0.6) is 11.5 Å². The lowest BCUT2D eigenvalue weighted by Gasteiger charge is -2.33. The molecule has 0 radical (unpaired) electrons. The van der Waals surface area contributed by atoms with E-state index in [4.69, 9.17) is 19.2 Å². The van der Waals surface area contributed by atoms with Crippen LogP contribution in [0.2, 0.25) is 0 Å². The Bertz CT molecular complexity index is 1510. The molecule has 4 aromatic rings. The van der Waals surface area contributed by atoms with Crippen LogP contribution >= 0.6 is 11.3 Å². The summed E-state index contributed by atoms with van der Waals surface area (Å²) < 4.78 is 18.4. The number of fused-ring (bicyclic) bond motifs is 4. The van der Waals surface area contributed by atoms with Crippen LogP contribution in [0.25, 0.3) is 20.4 Å². The molecule has 182 valence electrons. The third-order valence-electron chi connectivity index (χ3n) is 6.47. The van der Waals surface area contributed by atoms with Gasteiger partial charge in [-0.05, 0) is 31.5 Å². The van der Waals surface area contributed by atoms with E-state index in [1.807, 2.05) is 6.07 Å². The highest BCUT2D eigenvalue weighted by molar-refractivity contribution is 7.25. The minimum atomic E-state index is -0.373. The highest BCUT2D eigenvalue weighted by Gasteiger charge is 2.31. The number of carbonyl (C=O) groups excluding carboxylic acids is 1. The van der Waals surface area contributed by atoms with Crippen molar-refractivity contribution in [2.24, 2.45) is 0 Å². The van der Waals surface area contributed by atoms with Gasteiger partial charge in [-0.2, -0.15) is 0 Å². The number of thiophene rings is 1. The van der Waals surface area contributed by atoms with E-state index >= 15 is 0 Å². The Hall–Kier alpha value is -3.50. The lowest BCUT2D eigenvalue weighted by molar-refractivity contribution is -0.116. The number of aromatic nitrogens is 3. The lowest BCUT2D eigenvalue weighted by Crippen LogP contribution is -2.35. The molecule has 3 aromatic heterocycles. The van der Waals surface area contributed by atoms with Crippen LogP contribution in [0.1, 0.15) is 31.5 Å². The lowest BCUT2D eigenvalue weighted by atomic mass is 9.91. The molecule has 4 heterocycles. The predicted molar refractivity (Wildman–Crippen MR) is 135 cm³/mol. The van der Waals surface area contributed by atoms with E-state index in [9.17, 15) is 9.59 Å². The zero-order valence-corrected chi connectivity index (χ0v) is 20.8. The molecule has 0 fully saturated rings. The number of hydrogen-bond donors (Lipinski definition) is 1. The molecular formula is C25H26N4O5S. The summed E-state index contributed by atoms with van der Waals surface area (Å²) in [5.41, 5.74) is 2.62. The molecule has 10 heteroatoms. The number of carbonyl (C=O) groups is 1. The molecule has 0 spiro atoms. The van der Waals surface area contributed by atoms with E-state index < -0.39 is 0 Å². The monoisotopic (exact) mass is 494 g/mol. The van der Waals surface area contributed by atoms with E-state index in [1.165, 1.54) is 29.3 Å². The number of amides is 1. The molecule has 1 atom stereocenters. The summed E-state index contributed by atoms with van der Waals surface area (Å²) in [6.45, 7) is 4.51. The van der Waals surface area contributed by atoms with Gasteiger partial charge in [-0.1, -0.05) is 6.92 Å². The fourth-order valence-electron chi connectivity index (χ4n) is 4.19. The molecule has 0 bridgehead atoms. The van der Waals surface area contributed by atoms with Gasteiger partial charge in [-0.3, -0.25) is 14.2 Å². The molecule has 1 N–H and O–H groups in total. The summed E-state index contributed by atoms with van der Waals surface area (Å²) >= 11 is 1.31. The SMILES string of the molecule is CC[C@@]1(C)Cc2nc3sc4c(=O)n(CC(=O)Nc5ccc(OC)cc5OC)cnc4c3cc2CO1. The van der Waals surface area contributed by atoms with E-state index in [2.05, 4.69) is 24.1 Å². The fraction of sp³-hybridized carbons (Fsp3) is 0.360. The van der Waals surface area contributed by atoms with Gasteiger partial charge in [0.25, 0.3) is 5.56 Å². The van der Waals surface area contributed by atoms with Gasteiger partial charge >= 0.3 is 0 Å². The van der Waals surface area contributed by atoms with Crippen LogP contribution in [-0.4, -0.2) is 40.3 Å². The van der Waals surface area contributed by atoms with Crippen molar-refractivity contribution >= 4 is 43.4 Å². The molecule has 5 rings (SSSR count). The molecule has 1 aliphatic rings. The van der Waals surface area contributed by atoms with E-state index in [0.29, 0.717) is 34.0 Å². The fourth-order valence-corrected chi connectivity index (χ4v) is 5.27. The molecule has 35 heavy (non-hydrogen) atoms. The number of hydrogen-bond acceptors (Lipinski definition) is 8. The van der Waals surface area contributed by atoms with Crippen LogP contribution in [-0.2, 0) is 29.1 Å². The first-order valence-electron chi connectivity index (χ1n) is 11.3. The highest BCUT2D eigenvalue weighted by atomic mass is 32.1. The van der Waals surface area contributed by atoms with Crippen molar-refractivity contribution in [1.29, 1.82) is 0 Å². The Morgan fingerprint density at radius 2 is 2.11 bits per heavy atom. The predicted octanol–water partition coefficient (Wildman–Crippen LogP) is 3.90. The Balaban J connectivity index is 1.44. The summed E-state index contributed by atoms with van der Waals surface area (Å²) in [4.78, 5) is 36.1. The number of nitrogens with zero attached hydrogens (tertiary/aromatic N) is 3. The molecular weight excluding hydrogens is 468 g/mol. The first-order chi connectivity index (χ1) is 16.8. The molecule has 1 aliphatic heterocycles. The first-order valence-corrected chi connectivity index (χ1v) is 12.1. The second-order valence-electron chi connectivity index (χ2n) is 8.79. The van der Waals surface area contributed by atoms with Crippen molar-refractivity contribution in [1.82, 2.24) is 14.5 Å². The quantitative estimate of drug-likeness (QED) is 0.433. The molecule has 1 amide bonds. The van der Waals surface area contributed by atoms with Gasteiger partial charge in [0.15, 0.2) is 0 Å². The first kappa shape index (κ1) is 23.3. The van der Waals surface area contributed by atoms with E-state index in [1.54, 1.807) is 25.3 Å². The zero-order valence-electron chi connectivity index (χ0n) is 20.0. The second kappa shape index (κ2) is 8.94. The normalized spacial score (nSPS) is 17.4. The highest BCUT2D eigenvalue weighted by Crippen LogP contribution is 2.35. The topological polar surface area (TPSA) is 105 Å².